The van der Waals surface area contributed by atoms with Crippen molar-refractivity contribution in [2.45, 2.75) is 25.0 Å². The largest absolute Gasteiger partial charge is 0.365 e. The van der Waals surface area contributed by atoms with Crippen LogP contribution in [-0.4, -0.2) is 61.1 Å². The van der Waals surface area contributed by atoms with E-state index in [1.807, 2.05) is 11.9 Å². The van der Waals surface area contributed by atoms with E-state index < -0.39 is 0 Å². The van der Waals surface area contributed by atoms with E-state index in [4.69, 9.17) is 4.74 Å². The normalized spacial score (nSPS) is 26.9. The van der Waals surface area contributed by atoms with Crippen molar-refractivity contribution in [3.8, 4) is 0 Å². The minimum absolute atomic E-state index is 0.109. The summed E-state index contributed by atoms with van der Waals surface area (Å²) in [6.07, 6.45) is 2.47. The first-order valence-corrected chi connectivity index (χ1v) is 7.37. The summed E-state index contributed by atoms with van der Waals surface area (Å²) in [6.45, 7) is 3.22. The van der Waals surface area contributed by atoms with Crippen LogP contribution in [0.25, 0.3) is 0 Å². The highest BCUT2D eigenvalue weighted by Crippen LogP contribution is 2.22. The second kappa shape index (κ2) is 5.94. The van der Waals surface area contributed by atoms with Gasteiger partial charge in [-0.25, -0.2) is 0 Å². The molecule has 2 aliphatic heterocycles. The van der Waals surface area contributed by atoms with Gasteiger partial charge >= 0.3 is 0 Å². The standard InChI is InChI=1S/C16H22N2O2/c1-17-14-10-18(11-15(14)20-12-16(17)19)9-5-8-13-6-3-2-4-7-13/h2-4,6-7,14-15H,5,8-12H2,1H3/t14-,15+/m1/s1. The Kier molecular flexibility index (Phi) is 4.03. The predicted octanol–water partition coefficient (Wildman–Crippen LogP) is 1.16. The number of carbonyl (C=O) groups is 1. The van der Waals surface area contributed by atoms with Crippen molar-refractivity contribution in [1.82, 2.24) is 9.80 Å². The molecule has 0 aliphatic carbocycles. The van der Waals surface area contributed by atoms with E-state index in [0.29, 0.717) is 0 Å². The number of likely N-dealkylation sites (tertiary alicyclic amines) is 1. The first kappa shape index (κ1) is 13.6. The Bertz CT molecular complexity index is 463. The highest BCUT2D eigenvalue weighted by atomic mass is 16.5. The number of hydrogen-bond donors (Lipinski definition) is 0. The number of nitrogens with zero attached hydrogens (tertiary/aromatic N) is 2. The fraction of sp³-hybridized carbons (Fsp3) is 0.562. The van der Waals surface area contributed by atoms with Crippen LogP contribution in [0, 0.1) is 0 Å². The molecule has 0 N–H and O–H groups in total. The third-order valence-corrected chi connectivity index (χ3v) is 4.41. The number of amides is 1. The Morgan fingerprint density at radius 2 is 2.05 bits per heavy atom. The van der Waals surface area contributed by atoms with Crippen LogP contribution < -0.4 is 0 Å². The van der Waals surface area contributed by atoms with Gasteiger partial charge in [-0.2, -0.15) is 0 Å². The van der Waals surface area contributed by atoms with Crippen LogP contribution in [0.4, 0.5) is 0 Å². The summed E-state index contributed by atoms with van der Waals surface area (Å²) in [7, 11) is 1.90. The molecule has 3 rings (SSSR count). The molecule has 0 aromatic heterocycles. The van der Waals surface area contributed by atoms with Gasteiger partial charge in [0.1, 0.15) is 6.61 Å². The lowest BCUT2D eigenvalue weighted by atomic mass is 10.1. The van der Waals surface area contributed by atoms with Crippen LogP contribution in [0.1, 0.15) is 12.0 Å². The van der Waals surface area contributed by atoms with Crippen molar-refractivity contribution in [3.05, 3.63) is 35.9 Å². The first-order chi connectivity index (χ1) is 9.74. The lowest BCUT2D eigenvalue weighted by Gasteiger charge is -2.33. The first-order valence-electron chi connectivity index (χ1n) is 7.37. The lowest BCUT2D eigenvalue weighted by molar-refractivity contribution is -0.150. The highest BCUT2D eigenvalue weighted by molar-refractivity contribution is 5.78. The van der Waals surface area contributed by atoms with Gasteiger partial charge in [-0.15, -0.1) is 0 Å². The number of morpholine rings is 1. The summed E-state index contributed by atoms with van der Waals surface area (Å²) in [4.78, 5) is 15.9. The molecule has 1 amide bonds. The molecule has 0 unspecified atom stereocenters. The minimum atomic E-state index is 0.109. The van der Waals surface area contributed by atoms with E-state index in [-0.39, 0.29) is 24.7 Å². The van der Waals surface area contributed by atoms with Crippen LogP contribution in [-0.2, 0) is 16.0 Å². The topological polar surface area (TPSA) is 32.8 Å². The maximum atomic E-state index is 11.6. The van der Waals surface area contributed by atoms with E-state index in [0.717, 1.165) is 32.5 Å². The average Bonchev–Trinajstić information content (AvgIpc) is 2.88. The van der Waals surface area contributed by atoms with Crippen LogP contribution in [0.3, 0.4) is 0 Å². The molecule has 2 atom stereocenters. The Labute approximate surface area is 120 Å². The van der Waals surface area contributed by atoms with E-state index in [1.54, 1.807) is 0 Å². The zero-order chi connectivity index (χ0) is 13.9. The fourth-order valence-corrected chi connectivity index (χ4v) is 3.17. The van der Waals surface area contributed by atoms with Crippen molar-refractivity contribution in [3.63, 3.8) is 0 Å². The molecule has 4 heteroatoms. The number of benzene rings is 1. The smallest absolute Gasteiger partial charge is 0.248 e. The van der Waals surface area contributed by atoms with E-state index in [9.17, 15) is 4.79 Å². The predicted molar refractivity (Wildman–Crippen MR) is 77.5 cm³/mol. The number of likely N-dealkylation sites (N-methyl/N-ethyl adjacent to an activating group) is 1. The van der Waals surface area contributed by atoms with Crippen molar-refractivity contribution in [1.29, 1.82) is 0 Å². The summed E-state index contributed by atoms with van der Waals surface area (Å²) in [5.41, 5.74) is 1.40. The maximum Gasteiger partial charge on any atom is 0.248 e. The van der Waals surface area contributed by atoms with Gasteiger partial charge in [0.25, 0.3) is 0 Å². The number of rotatable bonds is 4. The third-order valence-electron chi connectivity index (χ3n) is 4.41. The van der Waals surface area contributed by atoms with E-state index >= 15 is 0 Å². The lowest BCUT2D eigenvalue weighted by Crippen LogP contribution is -2.51. The summed E-state index contributed by atoms with van der Waals surface area (Å²) in [6, 6.07) is 10.8. The summed E-state index contributed by atoms with van der Waals surface area (Å²) in [5.74, 6) is 0.109. The molecule has 2 fully saturated rings. The Morgan fingerprint density at radius 3 is 2.85 bits per heavy atom. The van der Waals surface area contributed by atoms with Gasteiger partial charge in [0.05, 0.1) is 12.1 Å². The second-order valence-corrected chi connectivity index (χ2v) is 5.77. The van der Waals surface area contributed by atoms with Crippen molar-refractivity contribution in [2.75, 3.05) is 33.3 Å². The molecular weight excluding hydrogens is 252 g/mol. The van der Waals surface area contributed by atoms with Gasteiger partial charge in [-0.05, 0) is 24.9 Å². The van der Waals surface area contributed by atoms with Gasteiger partial charge in [-0.1, -0.05) is 30.3 Å². The SMILES string of the molecule is CN1C(=O)CO[C@H]2CN(CCCc3ccccc3)C[C@H]21. The molecule has 2 heterocycles. The molecule has 1 aromatic rings. The van der Waals surface area contributed by atoms with Crippen molar-refractivity contribution in [2.24, 2.45) is 0 Å². The zero-order valence-electron chi connectivity index (χ0n) is 12.0. The summed E-state index contributed by atoms with van der Waals surface area (Å²) in [5, 5.41) is 0. The van der Waals surface area contributed by atoms with Gasteiger partial charge < -0.3 is 9.64 Å². The molecule has 20 heavy (non-hydrogen) atoms. The summed E-state index contributed by atoms with van der Waals surface area (Å²) < 4.78 is 5.65. The third kappa shape index (κ3) is 2.86. The summed E-state index contributed by atoms with van der Waals surface area (Å²) >= 11 is 0. The minimum Gasteiger partial charge on any atom is -0.365 e. The zero-order valence-corrected chi connectivity index (χ0v) is 12.0. The molecule has 0 bridgehead atoms. The molecule has 2 aliphatic rings. The fourth-order valence-electron chi connectivity index (χ4n) is 3.17. The number of carbonyl (C=O) groups excluding carboxylic acids is 1. The Balaban J connectivity index is 1.47. The van der Waals surface area contributed by atoms with Gasteiger partial charge in [0.15, 0.2) is 0 Å². The molecular formula is C16H22N2O2. The second-order valence-electron chi connectivity index (χ2n) is 5.77. The van der Waals surface area contributed by atoms with Gasteiger partial charge in [-0.3, -0.25) is 9.69 Å². The molecule has 108 valence electrons. The van der Waals surface area contributed by atoms with Crippen LogP contribution in [0.15, 0.2) is 30.3 Å². The molecule has 2 saturated heterocycles. The number of hydrogen-bond acceptors (Lipinski definition) is 3. The quantitative estimate of drug-likeness (QED) is 0.826. The number of aryl methyl sites for hydroxylation is 1. The number of fused-ring (bicyclic) bond motifs is 1. The van der Waals surface area contributed by atoms with E-state index in [2.05, 4.69) is 35.2 Å². The van der Waals surface area contributed by atoms with Gasteiger partial charge in [0, 0.05) is 20.1 Å². The van der Waals surface area contributed by atoms with Gasteiger partial charge in [0.2, 0.25) is 5.91 Å². The molecule has 0 saturated carbocycles. The van der Waals surface area contributed by atoms with Crippen LogP contribution >= 0.6 is 0 Å². The van der Waals surface area contributed by atoms with E-state index in [1.165, 1.54) is 5.56 Å². The van der Waals surface area contributed by atoms with Crippen molar-refractivity contribution < 1.29 is 9.53 Å². The molecule has 0 spiro atoms. The molecule has 4 nitrogen and oxygen atoms in total. The average molecular weight is 274 g/mol. The molecule has 0 radical (unpaired) electrons. The Morgan fingerprint density at radius 1 is 1.25 bits per heavy atom. The van der Waals surface area contributed by atoms with Crippen molar-refractivity contribution >= 4 is 5.91 Å². The highest BCUT2D eigenvalue weighted by Gasteiger charge is 2.41. The van der Waals surface area contributed by atoms with Crippen LogP contribution in [0.2, 0.25) is 0 Å². The monoisotopic (exact) mass is 274 g/mol. The number of ether oxygens (including phenoxy) is 1. The maximum absolute atomic E-state index is 11.6. The van der Waals surface area contributed by atoms with Crippen LogP contribution in [0.5, 0.6) is 0 Å². The molecule has 1 aromatic carbocycles. The Hall–Kier alpha value is -1.39.